The molecule has 5 rings (SSSR count). The van der Waals surface area contributed by atoms with E-state index in [4.69, 9.17) is 39.3 Å². The normalized spacial score (nSPS) is 14.9. The third-order valence-corrected chi connectivity index (χ3v) is 8.81. The number of nitrogens with zero attached hydrogens (tertiary/aromatic N) is 4. The van der Waals surface area contributed by atoms with Crippen molar-refractivity contribution in [1.29, 1.82) is 0 Å². The second-order valence-corrected chi connectivity index (χ2v) is 12.5. The van der Waals surface area contributed by atoms with Gasteiger partial charge in [0.2, 0.25) is 0 Å². The van der Waals surface area contributed by atoms with E-state index < -0.39 is 12.5 Å². The maximum atomic E-state index is 14.1. The highest BCUT2D eigenvalue weighted by Gasteiger charge is 2.33. The average molecular weight is 610 g/mol. The molecular formula is C27H27Cl3N4O4S. The summed E-state index contributed by atoms with van der Waals surface area (Å²) in [6.45, 7) is 5.65. The lowest BCUT2D eigenvalue weighted by molar-refractivity contribution is -0.138. The number of aliphatic carboxylic acids is 1. The molecule has 0 radical (unpaired) electrons. The zero-order valence-corrected chi connectivity index (χ0v) is 24.4. The van der Waals surface area contributed by atoms with E-state index in [9.17, 15) is 14.7 Å². The van der Waals surface area contributed by atoms with Gasteiger partial charge in [-0.05, 0) is 57.0 Å². The fourth-order valence-electron chi connectivity index (χ4n) is 5.15. The minimum absolute atomic E-state index is 0.182. The van der Waals surface area contributed by atoms with Crippen LogP contribution in [-0.2, 0) is 11.3 Å². The van der Waals surface area contributed by atoms with Gasteiger partial charge >= 0.3 is 5.97 Å². The van der Waals surface area contributed by atoms with Crippen LogP contribution in [0.3, 0.4) is 0 Å². The van der Waals surface area contributed by atoms with Crippen molar-refractivity contribution in [3.05, 3.63) is 62.2 Å². The van der Waals surface area contributed by atoms with E-state index in [1.165, 1.54) is 16.2 Å². The van der Waals surface area contributed by atoms with Gasteiger partial charge in [-0.3, -0.25) is 9.59 Å². The number of carbonyl (C=O) groups is 2. The first kappa shape index (κ1) is 28.0. The van der Waals surface area contributed by atoms with Gasteiger partial charge in [0, 0.05) is 41.6 Å². The molecule has 8 nitrogen and oxygen atoms in total. The molecule has 0 bridgehead atoms. The van der Waals surface area contributed by atoms with Crippen LogP contribution in [0.2, 0.25) is 14.4 Å². The van der Waals surface area contributed by atoms with Gasteiger partial charge in [-0.15, -0.1) is 11.3 Å². The monoisotopic (exact) mass is 608 g/mol. The van der Waals surface area contributed by atoms with E-state index in [1.807, 2.05) is 6.07 Å². The largest absolute Gasteiger partial charge is 0.480 e. The Balaban J connectivity index is 1.52. The molecule has 4 heterocycles. The lowest BCUT2D eigenvalue weighted by Gasteiger charge is -2.39. The van der Waals surface area contributed by atoms with Gasteiger partial charge in [0.1, 0.15) is 17.9 Å². The molecule has 39 heavy (non-hydrogen) atoms. The van der Waals surface area contributed by atoms with Crippen LogP contribution in [0, 0.1) is 0 Å². The number of piperidine rings is 1. The summed E-state index contributed by atoms with van der Waals surface area (Å²) >= 11 is 20.4. The Hall–Kier alpha value is -2.56. The first-order valence-electron chi connectivity index (χ1n) is 12.6. The molecule has 1 aliphatic rings. The second kappa shape index (κ2) is 11.5. The summed E-state index contributed by atoms with van der Waals surface area (Å²) in [6.07, 6.45) is 1.39. The second-order valence-electron chi connectivity index (χ2n) is 9.92. The number of benzene rings is 1. The Morgan fingerprint density at radius 1 is 1.15 bits per heavy atom. The number of carboxylic acid groups (broad SMARTS) is 1. The highest BCUT2D eigenvalue weighted by Crippen LogP contribution is 2.34. The van der Waals surface area contributed by atoms with Crippen molar-refractivity contribution in [1.82, 2.24) is 19.5 Å². The van der Waals surface area contributed by atoms with Gasteiger partial charge in [-0.2, -0.15) is 0 Å². The van der Waals surface area contributed by atoms with Gasteiger partial charge in [0.25, 0.3) is 5.91 Å². The summed E-state index contributed by atoms with van der Waals surface area (Å²) in [5.74, 6) is -0.878. The number of carboxylic acids is 1. The van der Waals surface area contributed by atoms with Crippen molar-refractivity contribution in [3.8, 4) is 10.6 Å². The van der Waals surface area contributed by atoms with Crippen molar-refractivity contribution in [2.45, 2.75) is 45.3 Å². The zero-order chi connectivity index (χ0) is 27.8. The summed E-state index contributed by atoms with van der Waals surface area (Å²) in [5.41, 5.74) is 1.49. The highest BCUT2D eigenvalue weighted by molar-refractivity contribution is 7.19. The van der Waals surface area contributed by atoms with Gasteiger partial charge in [-0.25, -0.2) is 0 Å². The van der Waals surface area contributed by atoms with Crippen LogP contribution in [-0.4, -0.2) is 68.2 Å². The van der Waals surface area contributed by atoms with Crippen LogP contribution >= 0.6 is 46.1 Å². The van der Waals surface area contributed by atoms with Crippen LogP contribution in [0.1, 0.15) is 42.9 Å². The Morgan fingerprint density at radius 3 is 2.54 bits per heavy atom. The van der Waals surface area contributed by atoms with Gasteiger partial charge in [-0.1, -0.05) is 40.0 Å². The summed E-state index contributed by atoms with van der Waals surface area (Å²) < 4.78 is 7.95. The molecule has 1 amide bonds. The van der Waals surface area contributed by atoms with E-state index in [2.05, 4.69) is 23.9 Å². The predicted octanol–water partition coefficient (Wildman–Crippen LogP) is 6.77. The number of likely N-dealkylation sites (tertiary alicyclic amines) is 1. The molecule has 12 heteroatoms. The Morgan fingerprint density at radius 2 is 1.90 bits per heavy atom. The molecule has 1 N–H and O–H groups in total. The van der Waals surface area contributed by atoms with Crippen molar-refractivity contribution in [2.75, 3.05) is 19.6 Å². The Kier molecular flexibility index (Phi) is 8.26. The SMILES string of the molecule is CC(C)N1CCC(N(CC(=O)O)C(=O)c2cc3cc(Cl)cc(Cl)c3n2Cc2cc(-c3ccc(Cl)s3)on2)CC1. The molecule has 1 aliphatic heterocycles. The average Bonchev–Trinajstić information content (AvgIpc) is 3.61. The van der Waals surface area contributed by atoms with Crippen LogP contribution < -0.4 is 0 Å². The number of hydrogen-bond donors (Lipinski definition) is 1. The number of fused-ring (bicyclic) bond motifs is 1. The molecule has 1 aromatic carbocycles. The molecule has 3 aromatic heterocycles. The first-order chi connectivity index (χ1) is 18.6. The molecule has 4 aromatic rings. The molecule has 206 valence electrons. The maximum absolute atomic E-state index is 14.1. The van der Waals surface area contributed by atoms with E-state index in [0.717, 1.165) is 18.0 Å². The van der Waals surface area contributed by atoms with Crippen LogP contribution in [0.5, 0.6) is 0 Å². The lowest BCUT2D eigenvalue weighted by atomic mass is 10.0. The summed E-state index contributed by atoms with van der Waals surface area (Å²) in [5, 5.41) is 15.4. The minimum atomic E-state index is -1.06. The molecule has 0 spiro atoms. The third-order valence-electron chi connectivity index (χ3n) is 7.06. The summed E-state index contributed by atoms with van der Waals surface area (Å²) in [7, 11) is 0. The number of aromatic nitrogens is 2. The van der Waals surface area contributed by atoms with Crippen molar-refractivity contribution >= 4 is 68.9 Å². The molecular weight excluding hydrogens is 583 g/mol. The Labute approximate surface area is 244 Å². The van der Waals surface area contributed by atoms with Crippen molar-refractivity contribution in [2.24, 2.45) is 0 Å². The molecule has 1 saturated heterocycles. The molecule has 0 unspecified atom stereocenters. The maximum Gasteiger partial charge on any atom is 0.323 e. The topological polar surface area (TPSA) is 91.8 Å². The number of carbonyl (C=O) groups excluding carboxylic acids is 1. The van der Waals surface area contributed by atoms with E-state index in [-0.39, 0.29) is 18.5 Å². The zero-order valence-electron chi connectivity index (χ0n) is 21.4. The molecule has 0 saturated carbocycles. The number of amides is 1. The lowest BCUT2D eigenvalue weighted by Crippen LogP contribution is -2.50. The number of rotatable bonds is 8. The fourth-order valence-corrected chi connectivity index (χ4v) is 6.75. The number of thiophene rings is 1. The van der Waals surface area contributed by atoms with Crippen LogP contribution in [0.25, 0.3) is 21.5 Å². The third kappa shape index (κ3) is 5.98. The Bertz CT molecular complexity index is 1520. The smallest absolute Gasteiger partial charge is 0.323 e. The number of hydrogen-bond acceptors (Lipinski definition) is 6. The standard InChI is InChI=1S/C27H27Cl3N4O4S/c1-15(2)32-7-5-19(6-8-32)33(14-25(35)36)27(37)21-10-16-9-17(28)11-20(29)26(16)34(21)13-18-12-22(38-31-18)23-3-4-24(30)39-23/h3-4,9-12,15,19H,5-8,13-14H2,1-2H3,(H,35,36). The van der Waals surface area contributed by atoms with Gasteiger partial charge in [0.05, 0.1) is 26.3 Å². The van der Waals surface area contributed by atoms with Crippen LogP contribution in [0.4, 0.5) is 0 Å². The number of halogens is 3. The summed E-state index contributed by atoms with van der Waals surface area (Å²) in [4.78, 5) is 30.6. The fraction of sp³-hybridized carbons (Fsp3) is 0.370. The van der Waals surface area contributed by atoms with E-state index in [1.54, 1.807) is 34.9 Å². The molecule has 0 atom stereocenters. The van der Waals surface area contributed by atoms with Crippen LogP contribution in [0.15, 0.2) is 40.9 Å². The highest BCUT2D eigenvalue weighted by atomic mass is 35.5. The predicted molar refractivity (Wildman–Crippen MR) is 154 cm³/mol. The van der Waals surface area contributed by atoms with Crippen molar-refractivity contribution in [3.63, 3.8) is 0 Å². The van der Waals surface area contributed by atoms with Gasteiger partial charge in [0.15, 0.2) is 5.76 Å². The minimum Gasteiger partial charge on any atom is -0.480 e. The van der Waals surface area contributed by atoms with E-state index >= 15 is 0 Å². The van der Waals surface area contributed by atoms with E-state index in [0.29, 0.717) is 61.3 Å². The van der Waals surface area contributed by atoms with Gasteiger partial charge < -0.3 is 24.0 Å². The quantitative estimate of drug-likeness (QED) is 0.237. The molecule has 1 fully saturated rings. The summed E-state index contributed by atoms with van der Waals surface area (Å²) in [6, 6.07) is 10.7. The first-order valence-corrected chi connectivity index (χ1v) is 14.5. The van der Waals surface area contributed by atoms with Crippen molar-refractivity contribution < 1.29 is 19.2 Å². The molecule has 0 aliphatic carbocycles.